The molecule has 1 aliphatic heterocycles. The van der Waals surface area contributed by atoms with Gasteiger partial charge in [-0.25, -0.2) is 0 Å². The predicted octanol–water partition coefficient (Wildman–Crippen LogP) is 2.08. The summed E-state index contributed by atoms with van der Waals surface area (Å²) in [6, 6.07) is 5.94. The molecule has 1 aromatic rings. The number of fused-ring (bicyclic) bond motifs is 1. The minimum Gasteiger partial charge on any atom is -0.480 e. The van der Waals surface area contributed by atoms with E-state index in [1.54, 1.807) is 0 Å². The third-order valence-electron chi connectivity index (χ3n) is 3.33. The highest BCUT2D eigenvalue weighted by Gasteiger charge is 2.24. The van der Waals surface area contributed by atoms with Crippen molar-refractivity contribution < 1.29 is 9.90 Å². The van der Waals surface area contributed by atoms with Crippen LogP contribution < -0.4 is 5.32 Å². The molecule has 1 heterocycles. The van der Waals surface area contributed by atoms with Crippen molar-refractivity contribution >= 4 is 5.97 Å². The standard InChI is InChI=1S/C14H19NO2/c1-14(2,3)11-5-4-9-7-12(13(16)17)15-8-10(9)6-11/h4-6,12,15H,7-8H2,1-3H3,(H,16,17). The van der Waals surface area contributed by atoms with Crippen LogP contribution in [0, 0.1) is 0 Å². The van der Waals surface area contributed by atoms with Gasteiger partial charge in [-0.05, 0) is 28.5 Å². The summed E-state index contributed by atoms with van der Waals surface area (Å²) < 4.78 is 0. The molecule has 3 heteroatoms. The Morgan fingerprint density at radius 2 is 2.06 bits per heavy atom. The van der Waals surface area contributed by atoms with Crippen molar-refractivity contribution in [2.24, 2.45) is 0 Å². The highest BCUT2D eigenvalue weighted by molar-refractivity contribution is 5.74. The highest BCUT2D eigenvalue weighted by atomic mass is 16.4. The van der Waals surface area contributed by atoms with Gasteiger partial charge >= 0.3 is 5.97 Å². The molecule has 2 N–H and O–H groups in total. The van der Waals surface area contributed by atoms with Gasteiger partial charge in [0.1, 0.15) is 6.04 Å². The van der Waals surface area contributed by atoms with E-state index in [9.17, 15) is 4.79 Å². The molecule has 0 aliphatic carbocycles. The molecule has 2 rings (SSSR count). The molecule has 1 unspecified atom stereocenters. The van der Waals surface area contributed by atoms with Gasteiger partial charge in [0.15, 0.2) is 0 Å². The summed E-state index contributed by atoms with van der Waals surface area (Å²) in [6.07, 6.45) is 0.578. The fraction of sp³-hybridized carbons (Fsp3) is 0.500. The van der Waals surface area contributed by atoms with Gasteiger partial charge < -0.3 is 10.4 Å². The number of rotatable bonds is 1. The Balaban J connectivity index is 2.29. The van der Waals surface area contributed by atoms with Crippen LogP contribution in [-0.4, -0.2) is 17.1 Å². The summed E-state index contributed by atoms with van der Waals surface area (Å²) in [5.41, 5.74) is 3.82. The van der Waals surface area contributed by atoms with E-state index < -0.39 is 12.0 Å². The first kappa shape index (κ1) is 12.1. The lowest BCUT2D eigenvalue weighted by Crippen LogP contribution is -2.41. The van der Waals surface area contributed by atoms with Crippen molar-refractivity contribution in [1.82, 2.24) is 5.32 Å². The fourth-order valence-corrected chi connectivity index (χ4v) is 2.16. The predicted molar refractivity (Wildman–Crippen MR) is 67.1 cm³/mol. The van der Waals surface area contributed by atoms with Gasteiger partial charge in [0.05, 0.1) is 0 Å². The molecule has 0 amide bonds. The molecule has 0 radical (unpaired) electrons. The van der Waals surface area contributed by atoms with Crippen molar-refractivity contribution in [3.8, 4) is 0 Å². The van der Waals surface area contributed by atoms with Crippen molar-refractivity contribution in [3.05, 3.63) is 34.9 Å². The number of hydrogen-bond acceptors (Lipinski definition) is 2. The van der Waals surface area contributed by atoms with Crippen molar-refractivity contribution in [3.63, 3.8) is 0 Å². The van der Waals surface area contributed by atoms with Crippen LogP contribution in [0.15, 0.2) is 18.2 Å². The van der Waals surface area contributed by atoms with Gasteiger partial charge in [-0.15, -0.1) is 0 Å². The quantitative estimate of drug-likeness (QED) is 0.780. The maximum absolute atomic E-state index is 10.9. The maximum Gasteiger partial charge on any atom is 0.321 e. The monoisotopic (exact) mass is 233 g/mol. The smallest absolute Gasteiger partial charge is 0.321 e. The number of carbonyl (C=O) groups is 1. The normalized spacial score (nSPS) is 19.8. The van der Waals surface area contributed by atoms with Gasteiger partial charge in [-0.2, -0.15) is 0 Å². The van der Waals surface area contributed by atoms with E-state index >= 15 is 0 Å². The number of hydrogen-bond donors (Lipinski definition) is 2. The molecule has 1 aliphatic rings. The topological polar surface area (TPSA) is 49.3 Å². The highest BCUT2D eigenvalue weighted by Crippen LogP contribution is 2.26. The molecule has 17 heavy (non-hydrogen) atoms. The Morgan fingerprint density at radius 1 is 1.35 bits per heavy atom. The van der Waals surface area contributed by atoms with Crippen LogP contribution in [0.1, 0.15) is 37.5 Å². The van der Waals surface area contributed by atoms with Crippen LogP contribution in [0.2, 0.25) is 0 Å². The van der Waals surface area contributed by atoms with Gasteiger partial charge in [0.25, 0.3) is 0 Å². The van der Waals surface area contributed by atoms with Crippen molar-refractivity contribution in [2.45, 2.75) is 45.2 Å². The summed E-state index contributed by atoms with van der Waals surface area (Å²) >= 11 is 0. The summed E-state index contributed by atoms with van der Waals surface area (Å²) in [5.74, 6) is -0.768. The Morgan fingerprint density at radius 3 is 2.65 bits per heavy atom. The average molecular weight is 233 g/mol. The van der Waals surface area contributed by atoms with Crippen LogP contribution >= 0.6 is 0 Å². The number of carboxylic acids is 1. The molecule has 0 saturated heterocycles. The van der Waals surface area contributed by atoms with Crippen LogP contribution in [0.25, 0.3) is 0 Å². The van der Waals surface area contributed by atoms with Gasteiger partial charge in [-0.1, -0.05) is 39.0 Å². The first-order valence-corrected chi connectivity index (χ1v) is 5.96. The number of aliphatic carboxylic acids is 1. The average Bonchev–Trinajstić information content (AvgIpc) is 2.26. The van der Waals surface area contributed by atoms with E-state index in [-0.39, 0.29) is 5.41 Å². The minimum atomic E-state index is -0.768. The molecular weight excluding hydrogens is 214 g/mol. The number of nitrogens with one attached hydrogen (secondary N) is 1. The molecule has 92 valence electrons. The number of benzene rings is 1. The molecule has 0 spiro atoms. The van der Waals surface area contributed by atoms with E-state index in [1.165, 1.54) is 11.1 Å². The van der Waals surface area contributed by atoms with Crippen LogP contribution in [0.5, 0.6) is 0 Å². The van der Waals surface area contributed by atoms with E-state index in [1.807, 2.05) is 0 Å². The van der Waals surface area contributed by atoms with E-state index in [4.69, 9.17) is 5.11 Å². The largest absolute Gasteiger partial charge is 0.480 e. The molecule has 0 aromatic heterocycles. The van der Waals surface area contributed by atoms with Gasteiger partial charge in [0, 0.05) is 6.54 Å². The van der Waals surface area contributed by atoms with E-state index in [2.05, 4.69) is 44.3 Å². The Labute approximate surface area is 102 Å². The summed E-state index contributed by atoms with van der Waals surface area (Å²) in [7, 11) is 0. The van der Waals surface area contributed by atoms with Crippen molar-refractivity contribution in [2.75, 3.05) is 0 Å². The SMILES string of the molecule is CC(C)(C)c1ccc2c(c1)CNC(C(=O)O)C2. The second-order valence-electron chi connectivity index (χ2n) is 5.71. The Hall–Kier alpha value is -1.35. The fourth-order valence-electron chi connectivity index (χ4n) is 2.16. The summed E-state index contributed by atoms with van der Waals surface area (Å²) in [4.78, 5) is 10.9. The lowest BCUT2D eigenvalue weighted by molar-refractivity contribution is -0.139. The maximum atomic E-state index is 10.9. The molecule has 0 fully saturated rings. The Kier molecular flexibility index (Phi) is 2.96. The van der Waals surface area contributed by atoms with Crippen LogP contribution in [0.3, 0.4) is 0 Å². The van der Waals surface area contributed by atoms with Gasteiger partial charge in [0.2, 0.25) is 0 Å². The van der Waals surface area contributed by atoms with Crippen LogP contribution in [0.4, 0.5) is 0 Å². The molecule has 1 atom stereocenters. The lowest BCUT2D eigenvalue weighted by Gasteiger charge is -2.26. The van der Waals surface area contributed by atoms with Gasteiger partial charge in [-0.3, -0.25) is 4.79 Å². The van der Waals surface area contributed by atoms with E-state index in [0.29, 0.717) is 13.0 Å². The zero-order valence-corrected chi connectivity index (χ0v) is 10.6. The number of carboxylic acid groups (broad SMARTS) is 1. The minimum absolute atomic E-state index is 0.138. The first-order valence-electron chi connectivity index (χ1n) is 5.96. The second-order valence-corrected chi connectivity index (χ2v) is 5.71. The van der Waals surface area contributed by atoms with Crippen molar-refractivity contribution in [1.29, 1.82) is 0 Å². The molecule has 3 nitrogen and oxygen atoms in total. The molecule has 1 aromatic carbocycles. The third kappa shape index (κ3) is 2.50. The zero-order valence-electron chi connectivity index (χ0n) is 10.6. The van der Waals surface area contributed by atoms with Crippen LogP contribution in [-0.2, 0) is 23.2 Å². The van der Waals surface area contributed by atoms with E-state index in [0.717, 1.165) is 5.56 Å². The molecular formula is C14H19NO2. The lowest BCUT2D eigenvalue weighted by atomic mass is 9.83. The summed E-state index contributed by atoms with van der Waals surface area (Å²) in [6.45, 7) is 7.21. The Bertz CT molecular complexity index is 446. The second kappa shape index (κ2) is 4.15. The zero-order chi connectivity index (χ0) is 12.6. The molecule has 0 saturated carbocycles. The molecule has 0 bridgehead atoms. The third-order valence-corrected chi connectivity index (χ3v) is 3.33. The summed E-state index contributed by atoms with van der Waals surface area (Å²) in [5, 5.41) is 12.0. The first-order chi connectivity index (χ1) is 7.88.